The van der Waals surface area contributed by atoms with Gasteiger partial charge in [-0.15, -0.1) is 23.7 Å². The van der Waals surface area contributed by atoms with Crippen molar-refractivity contribution in [3.8, 4) is 0 Å². The predicted molar refractivity (Wildman–Crippen MR) is 91.6 cm³/mol. The van der Waals surface area contributed by atoms with Gasteiger partial charge in [-0.25, -0.2) is 26.3 Å². The Kier molecular flexibility index (Phi) is 9.06. The normalized spacial score (nSPS) is 13.6. The number of sulfonamides is 2. The number of nitrogens with two attached hydrogens (primary N) is 1. The van der Waals surface area contributed by atoms with Gasteiger partial charge in [-0.05, 0) is 32.4 Å². The highest BCUT2D eigenvalue weighted by Gasteiger charge is 2.19. The minimum absolute atomic E-state index is 0. The van der Waals surface area contributed by atoms with E-state index in [1.165, 1.54) is 6.07 Å². The van der Waals surface area contributed by atoms with Gasteiger partial charge in [0.05, 0.1) is 5.75 Å². The fourth-order valence-electron chi connectivity index (χ4n) is 1.44. The maximum atomic E-state index is 12.0. The number of hydrogen-bond donors (Lipinski definition) is 3. The second kappa shape index (κ2) is 9.16. The van der Waals surface area contributed by atoms with E-state index in [2.05, 4.69) is 9.44 Å². The average Bonchev–Trinajstić information content (AvgIpc) is 2.87. The van der Waals surface area contributed by atoms with Crippen LogP contribution in [0.3, 0.4) is 0 Å². The van der Waals surface area contributed by atoms with Crippen LogP contribution in [0.4, 0.5) is 0 Å². The lowest BCUT2D eigenvalue weighted by Gasteiger charge is -2.10. The molecular weight excluding hydrogens is 370 g/mol. The smallest absolute Gasteiger partial charge is 0.250 e. The SMILES string of the molecule is CCS(=O)(=O)NCCc1ccc(S(=O)(=O)N[C@@H](C)CN)s1.Cl. The van der Waals surface area contributed by atoms with Crippen LogP contribution in [0.2, 0.25) is 0 Å². The van der Waals surface area contributed by atoms with E-state index in [0.717, 1.165) is 16.2 Å². The quantitative estimate of drug-likeness (QED) is 0.558. The molecule has 0 fully saturated rings. The molecule has 0 radical (unpaired) electrons. The maximum Gasteiger partial charge on any atom is 0.250 e. The Morgan fingerprint density at radius 3 is 2.45 bits per heavy atom. The molecule has 0 unspecified atom stereocenters. The standard InChI is InChI=1S/C11H21N3O4S3.ClH/c1-3-20(15,16)13-7-6-10-4-5-11(19-10)21(17,18)14-9(2)8-12;/h4-5,9,13-14H,3,6-8,12H2,1-2H3;1H/t9-;/m0./s1. The summed E-state index contributed by atoms with van der Waals surface area (Å²) in [6.45, 7) is 3.72. The summed E-state index contributed by atoms with van der Waals surface area (Å²) in [6, 6.07) is 2.86. The Morgan fingerprint density at radius 2 is 1.91 bits per heavy atom. The zero-order chi connectivity index (χ0) is 16.1. The van der Waals surface area contributed by atoms with E-state index in [-0.39, 0.29) is 41.5 Å². The number of rotatable bonds is 9. The van der Waals surface area contributed by atoms with Crippen molar-refractivity contribution in [3.63, 3.8) is 0 Å². The molecule has 11 heteroatoms. The lowest BCUT2D eigenvalue weighted by Crippen LogP contribution is -2.37. The van der Waals surface area contributed by atoms with Crippen LogP contribution in [0, 0.1) is 0 Å². The first kappa shape index (κ1) is 21.8. The summed E-state index contributed by atoms with van der Waals surface area (Å²) in [4.78, 5) is 0.801. The van der Waals surface area contributed by atoms with Crippen LogP contribution in [0.25, 0.3) is 0 Å². The lowest BCUT2D eigenvalue weighted by molar-refractivity contribution is 0.564. The Balaban J connectivity index is 0.00000441. The first-order valence-electron chi connectivity index (χ1n) is 6.48. The molecule has 4 N–H and O–H groups in total. The van der Waals surface area contributed by atoms with Crippen LogP contribution >= 0.6 is 23.7 Å². The Bertz CT molecular complexity index is 658. The van der Waals surface area contributed by atoms with Crippen LogP contribution in [0.5, 0.6) is 0 Å². The van der Waals surface area contributed by atoms with Crippen molar-refractivity contribution in [2.45, 2.75) is 30.5 Å². The van der Waals surface area contributed by atoms with Crippen LogP contribution in [0.15, 0.2) is 16.3 Å². The third kappa shape index (κ3) is 6.90. The number of hydrogen-bond acceptors (Lipinski definition) is 6. The van der Waals surface area contributed by atoms with Crippen molar-refractivity contribution < 1.29 is 16.8 Å². The average molecular weight is 392 g/mol. The van der Waals surface area contributed by atoms with E-state index in [1.807, 2.05) is 0 Å². The highest BCUT2D eigenvalue weighted by atomic mass is 35.5. The Morgan fingerprint density at radius 1 is 1.27 bits per heavy atom. The summed E-state index contributed by atoms with van der Waals surface area (Å²) in [5, 5.41) is 0. The van der Waals surface area contributed by atoms with Gasteiger partial charge in [0.1, 0.15) is 4.21 Å². The summed E-state index contributed by atoms with van der Waals surface area (Å²) in [5.41, 5.74) is 5.39. The van der Waals surface area contributed by atoms with Gasteiger partial charge in [-0.3, -0.25) is 0 Å². The van der Waals surface area contributed by atoms with Gasteiger partial charge in [0.15, 0.2) is 0 Å². The largest absolute Gasteiger partial charge is 0.329 e. The van der Waals surface area contributed by atoms with E-state index in [9.17, 15) is 16.8 Å². The first-order chi connectivity index (χ1) is 9.70. The molecule has 1 aromatic heterocycles. The molecule has 1 rings (SSSR count). The monoisotopic (exact) mass is 391 g/mol. The molecule has 1 aromatic rings. The third-order valence-electron chi connectivity index (χ3n) is 2.69. The van der Waals surface area contributed by atoms with Crippen molar-refractivity contribution in [3.05, 3.63) is 17.0 Å². The van der Waals surface area contributed by atoms with E-state index in [4.69, 9.17) is 5.73 Å². The fraction of sp³-hybridized carbons (Fsp3) is 0.636. The molecule has 7 nitrogen and oxygen atoms in total. The number of nitrogens with one attached hydrogen (secondary N) is 2. The van der Waals surface area contributed by atoms with Crippen molar-refractivity contribution in [1.29, 1.82) is 0 Å². The van der Waals surface area contributed by atoms with Crippen molar-refractivity contribution >= 4 is 43.8 Å². The molecule has 0 saturated carbocycles. The molecule has 0 spiro atoms. The van der Waals surface area contributed by atoms with Gasteiger partial charge < -0.3 is 5.73 Å². The van der Waals surface area contributed by atoms with Crippen LogP contribution in [0.1, 0.15) is 18.7 Å². The molecule has 1 atom stereocenters. The zero-order valence-corrected chi connectivity index (χ0v) is 15.7. The summed E-state index contributed by atoms with van der Waals surface area (Å²) >= 11 is 1.12. The molecular formula is C11H22ClN3O4S3. The molecule has 0 aliphatic carbocycles. The molecule has 0 aliphatic rings. The van der Waals surface area contributed by atoms with Gasteiger partial charge in [0.25, 0.3) is 0 Å². The Labute approximate surface area is 142 Å². The topological polar surface area (TPSA) is 118 Å². The maximum absolute atomic E-state index is 12.0. The molecule has 0 bridgehead atoms. The van der Waals surface area contributed by atoms with Gasteiger partial charge in [-0.1, -0.05) is 0 Å². The van der Waals surface area contributed by atoms with Crippen molar-refractivity contribution in [2.24, 2.45) is 5.73 Å². The predicted octanol–water partition coefficient (Wildman–Crippen LogP) is 0.277. The molecule has 1 heterocycles. The summed E-state index contributed by atoms with van der Waals surface area (Å²) in [5.74, 6) is 0.0258. The van der Waals surface area contributed by atoms with Crippen LogP contribution < -0.4 is 15.2 Å². The van der Waals surface area contributed by atoms with Gasteiger partial charge in [0.2, 0.25) is 20.0 Å². The summed E-state index contributed by atoms with van der Waals surface area (Å²) in [7, 11) is -6.78. The van der Waals surface area contributed by atoms with Crippen molar-refractivity contribution in [2.75, 3.05) is 18.8 Å². The number of thiophene rings is 1. The third-order valence-corrected chi connectivity index (χ3v) is 7.32. The molecule has 0 saturated heterocycles. The van der Waals surface area contributed by atoms with E-state index >= 15 is 0 Å². The second-order valence-corrected chi connectivity index (χ2v) is 9.73. The molecule has 0 aromatic carbocycles. The molecule has 0 amide bonds. The number of halogens is 1. The van der Waals surface area contributed by atoms with E-state index in [1.54, 1.807) is 19.9 Å². The highest BCUT2D eigenvalue weighted by molar-refractivity contribution is 7.91. The molecule has 130 valence electrons. The first-order valence-corrected chi connectivity index (χ1v) is 10.4. The van der Waals surface area contributed by atoms with Crippen LogP contribution in [-0.2, 0) is 26.5 Å². The molecule has 0 aliphatic heterocycles. The van der Waals surface area contributed by atoms with Crippen molar-refractivity contribution in [1.82, 2.24) is 9.44 Å². The van der Waals surface area contributed by atoms with E-state index < -0.39 is 20.0 Å². The minimum atomic E-state index is -3.56. The Hall–Kier alpha value is -0.230. The van der Waals surface area contributed by atoms with Gasteiger partial charge in [-0.2, -0.15) is 0 Å². The summed E-state index contributed by atoms with van der Waals surface area (Å²) < 4.78 is 51.7. The van der Waals surface area contributed by atoms with Gasteiger partial charge >= 0.3 is 0 Å². The summed E-state index contributed by atoms with van der Waals surface area (Å²) in [6.07, 6.45) is 0.450. The molecule has 22 heavy (non-hydrogen) atoms. The van der Waals surface area contributed by atoms with Gasteiger partial charge in [0, 0.05) is 24.0 Å². The van der Waals surface area contributed by atoms with Crippen LogP contribution in [-0.4, -0.2) is 41.7 Å². The fourth-order valence-corrected chi connectivity index (χ4v) is 4.69. The second-order valence-electron chi connectivity index (χ2n) is 4.53. The highest BCUT2D eigenvalue weighted by Crippen LogP contribution is 2.22. The van der Waals surface area contributed by atoms with E-state index in [0.29, 0.717) is 6.42 Å². The lowest BCUT2D eigenvalue weighted by atomic mass is 10.3. The minimum Gasteiger partial charge on any atom is -0.329 e. The zero-order valence-electron chi connectivity index (χ0n) is 12.4.